The number of carbonyl (C=O) groups is 2. The molecule has 3 aromatic carbocycles. The van der Waals surface area contributed by atoms with Crippen molar-refractivity contribution in [1.82, 2.24) is 5.32 Å². The zero-order chi connectivity index (χ0) is 24.8. The van der Waals surface area contributed by atoms with Gasteiger partial charge in [0.05, 0.1) is 0 Å². The molecule has 1 N–H and O–H groups in total. The van der Waals surface area contributed by atoms with Gasteiger partial charge in [0.1, 0.15) is 5.75 Å². The number of terminal acetylenes is 1. The number of anilines is 1. The fourth-order valence-corrected chi connectivity index (χ4v) is 6.00. The molecular weight excluding hydrogens is 460 g/mol. The van der Waals surface area contributed by atoms with Gasteiger partial charge in [-0.3, -0.25) is 14.5 Å². The Morgan fingerprint density at radius 3 is 2.37 bits per heavy atom. The van der Waals surface area contributed by atoms with E-state index in [-0.39, 0.29) is 11.5 Å². The van der Waals surface area contributed by atoms with Crippen LogP contribution in [-0.4, -0.2) is 32.5 Å². The van der Waals surface area contributed by atoms with Gasteiger partial charge in [0.2, 0.25) is 5.91 Å². The monoisotopic (exact) mass is 486 g/mol. The van der Waals surface area contributed by atoms with Crippen LogP contribution in [0.1, 0.15) is 45.3 Å². The van der Waals surface area contributed by atoms with Crippen molar-refractivity contribution < 1.29 is 18.0 Å². The molecule has 4 rings (SSSR count). The van der Waals surface area contributed by atoms with E-state index < -0.39 is 26.9 Å². The first kappa shape index (κ1) is 24.2. The Labute approximate surface area is 205 Å². The van der Waals surface area contributed by atoms with Crippen LogP contribution in [0.4, 0.5) is 5.69 Å². The molecule has 3 aromatic rings. The van der Waals surface area contributed by atoms with Crippen LogP contribution in [0.15, 0.2) is 78.9 Å². The van der Waals surface area contributed by atoms with Crippen LogP contribution in [0.25, 0.3) is 0 Å². The molecule has 35 heavy (non-hydrogen) atoms. The van der Waals surface area contributed by atoms with Crippen molar-refractivity contribution in [2.45, 2.75) is 24.6 Å². The molecule has 1 saturated heterocycles. The number of unbranched alkanes of at least 4 members (excludes halogenated alkanes) is 1. The van der Waals surface area contributed by atoms with Crippen molar-refractivity contribution in [3.8, 4) is 12.3 Å². The number of nitrogens with one attached hydrogen (secondary N) is 1. The number of hydrogen-bond acceptors (Lipinski definition) is 4. The zero-order valence-corrected chi connectivity index (χ0v) is 20.0. The van der Waals surface area contributed by atoms with Crippen molar-refractivity contribution in [2.24, 2.45) is 0 Å². The van der Waals surface area contributed by atoms with Gasteiger partial charge in [0.15, 0.2) is 15.2 Å². The highest BCUT2D eigenvalue weighted by Gasteiger charge is 2.46. The van der Waals surface area contributed by atoms with E-state index in [9.17, 15) is 18.0 Å². The maximum Gasteiger partial charge on any atom is 0.251 e. The summed E-state index contributed by atoms with van der Waals surface area (Å²) >= 11 is 0. The standard InChI is InChI=1S/C28H26N2O4S/c1-2-21-17-23(27(32)29-16-10-9-13-22-11-5-3-6-12-22)19-24(18-21)28-30(25-14-7-4-8-15-25)26(31)20-35(28,33)34/h1,3-8,11-12,14-15,17-19,28H,9-10,13,16,20H2,(H,29,32). The molecule has 178 valence electrons. The molecule has 0 spiro atoms. The molecular formula is C28H26N2O4S. The predicted octanol–water partition coefficient (Wildman–Crippen LogP) is 3.88. The molecule has 1 aliphatic rings. The van der Waals surface area contributed by atoms with Crippen LogP contribution in [0.5, 0.6) is 0 Å². The summed E-state index contributed by atoms with van der Waals surface area (Å²) < 4.78 is 26.0. The molecule has 1 heterocycles. The molecule has 1 atom stereocenters. The van der Waals surface area contributed by atoms with Crippen LogP contribution in [-0.2, 0) is 21.1 Å². The average molecular weight is 487 g/mol. The molecule has 7 heteroatoms. The molecule has 0 radical (unpaired) electrons. The van der Waals surface area contributed by atoms with E-state index in [0.29, 0.717) is 23.4 Å². The first-order valence-electron chi connectivity index (χ1n) is 11.4. The van der Waals surface area contributed by atoms with E-state index in [1.165, 1.54) is 16.5 Å². The van der Waals surface area contributed by atoms with Gasteiger partial charge >= 0.3 is 0 Å². The van der Waals surface area contributed by atoms with Gasteiger partial charge in [-0.25, -0.2) is 8.42 Å². The topological polar surface area (TPSA) is 83.6 Å². The lowest BCUT2D eigenvalue weighted by molar-refractivity contribution is -0.115. The first-order chi connectivity index (χ1) is 16.9. The lowest BCUT2D eigenvalue weighted by Crippen LogP contribution is -2.30. The number of amides is 2. The van der Waals surface area contributed by atoms with Crippen LogP contribution in [0.2, 0.25) is 0 Å². The Balaban J connectivity index is 1.52. The average Bonchev–Trinajstić information content (AvgIpc) is 3.12. The van der Waals surface area contributed by atoms with Crippen molar-refractivity contribution >= 4 is 27.3 Å². The highest BCUT2D eigenvalue weighted by atomic mass is 32.2. The summed E-state index contributed by atoms with van der Waals surface area (Å²) in [6, 6.07) is 23.4. The maximum absolute atomic E-state index is 13.0. The molecule has 1 fully saturated rings. The van der Waals surface area contributed by atoms with Crippen molar-refractivity contribution in [2.75, 3.05) is 17.2 Å². The second-order valence-corrected chi connectivity index (χ2v) is 10.5. The fraction of sp³-hybridized carbons (Fsp3) is 0.214. The Kier molecular flexibility index (Phi) is 7.33. The third kappa shape index (κ3) is 5.61. The summed E-state index contributed by atoms with van der Waals surface area (Å²) in [5.41, 5.74) is 2.66. The molecule has 0 bridgehead atoms. The molecule has 1 unspecified atom stereocenters. The van der Waals surface area contributed by atoms with E-state index in [0.717, 1.165) is 19.3 Å². The van der Waals surface area contributed by atoms with Gasteiger partial charge < -0.3 is 5.32 Å². The summed E-state index contributed by atoms with van der Waals surface area (Å²) in [6.07, 6.45) is 8.26. The second kappa shape index (κ2) is 10.6. The molecule has 0 aromatic heterocycles. The van der Waals surface area contributed by atoms with Crippen molar-refractivity contribution in [3.63, 3.8) is 0 Å². The minimum atomic E-state index is -3.83. The van der Waals surface area contributed by atoms with Crippen LogP contribution in [0.3, 0.4) is 0 Å². The third-order valence-electron chi connectivity index (χ3n) is 5.89. The summed E-state index contributed by atoms with van der Waals surface area (Å²) in [6.45, 7) is 0.484. The van der Waals surface area contributed by atoms with Gasteiger partial charge in [-0.2, -0.15) is 0 Å². The number of carbonyl (C=O) groups excluding carboxylic acids is 2. The smallest absolute Gasteiger partial charge is 0.251 e. The second-order valence-electron chi connectivity index (χ2n) is 8.45. The van der Waals surface area contributed by atoms with E-state index >= 15 is 0 Å². The minimum absolute atomic E-state index is 0.265. The molecule has 0 aliphatic carbocycles. The van der Waals surface area contributed by atoms with Crippen molar-refractivity contribution in [3.05, 3.63) is 101 Å². The van der Waals surface area contributed by atoms with Crippen LogP contribution in [0, 0.1) is 12.3 Å². The Bertz CT molecular complexity index is 1360. The Hall–Kier alpha value is -3.89. The summed E-state index contributed by atoms with van der Waals surface area (Å²) in [5, 5.41) is 1.64. The lowest BCUT2D eigenvalue weighted by Gasteiger charge is -2.24. The molecule has 0 saturated carbocycles. The van der Waals surface area contributed by atoms with Gasteiger partial charge in [-0.1, -0.05) is 54.5 Å². The van der Waals surface area contributed by atoms with Gasteiger partial charge in [0, 0.05) is 23.4 Å². The molecule has 1 aliphatic heterocycles. The maximum atomic E-state index is 13.0. The van der Waals surface area contributed by atoms with E-state index in [1.54, 1.807) is 42.5 Å². The number of benzene rings is 3. The largest absolute Gasteiger partial charge is 0.352 e. The molecule has 6 nitrogen and oxygen atoms in total. The third-order valence-corrected chi connectivity index (χ3v) is 7.70. The summed E-state index contributed by atoms with van der Waals surface area (Å²) in [5.74, 6) is 1.04. The number of rotatable bonds is 8. The van der Waals surface area contributed by atoms with Crippen LogP contribution >= 0.6 is 0 Å². The highest BCUT2D eigenvalue weighted by molar-refractivity contribution is 7.93. The van der Waals surface area contributed by atoms with Crippen LogP contribution < -0.4 is 10.2 Å². The summed E-state index contributed by atoms with van der Waals surface area (Å²) in [4.78, 5) is 26.8. The number of sulfone groups is 1. The zero-order valence-electron chi connectivity index (χ0n) is 19.2. The normalized spacial score (nSPS) is 16.6. The van der Waals surface area contributed by atoms with E-state index in [2.05, 4.69) is 23.4 Å². The highest BCUT2D eigenvalue weighted by Crippen LogP contribution is 2.38. The van der Waals surface area contributed by atoms with Gasteiger partial charge in [0.25, 0.3) is 5.91 Å². The molecule has 2 amide bonds. The Morgan fingerprint density at radius 2 is 1.69 bits per heavy atom. The minimum Gasteiger partial charge on any atom is -0.352 e. The Morgan fingerprint density at radius 1 is 1.00 bits per heavy atom. The van der Waals surface area contributed by atoms with E-state index in [1.807, 2.05) is 18.2 Å². The predicted molar refractivity (Wildman–Crippen MR) is 137 cm³/mol. The fourth-order valence-electron chi connectivity index (χ4n) is 4.25. The van der Waals surface area contributed by atoms with Gasteiger partial charge in [-0.05, 0) is 60.7 Å². The summed E-state index contributed by atoms with van der Waals surface area (Å²) in [7, 11) is -3.83. The lowest BCUT2D eigenvalue weighted by atomic mass is 10.0. The quantitative estimate of drug-likeness (QED) is 0.387. The van der Waals surface area contributed by atoms with E-state index in [4.69, 9.17) is 6.42 Å². The van der Waals surface area contributed by atoms with Crippen molar-refractivity contribution in [1.29, 1.82) is 0 Å². The number of aryl methyl sites for hydroxylation is 1. The number of hydrogen-bond donors (Lipinski definition) is 1. The number of nitrogens with zero attached hydrogens (tertiary/aromatic N) is 1. The first-order valence-corrected chi connectivity index (χ1v) is 13.1. The number of para-hydroxylation sites is 1. The SMILES string of the molecule is C#Cc1cc(C(=O)NCCCCc2ccccc2)cc(C2N(c3ccccc3)C(=O)CS2(=O)=O)c1. The van der Waals surface area contributed by atoms with Gasteiger partial charge in [-0.15, -0.1) is 6.42 Å².